The fraction of sp³-hybridized carbons (Fsp3) is 0.276. The van der Waals surface area contributed by atoms with Gasteiger partial charge in [0.1, 0.15) is 17.3 Å². The van der Waals surface area contributed by atoms with Gasteiger partial charge in [0, 0.05) is 54.9 Å². The lowest BCUT2D eigenvalue weighted by Crippen LogP contribution is -2.39. The van der Waals surface area contributed by atoms with E-state index in [0.29, 0.717) is 28.4 Å². The number of nitro groups is 1. The summed E-state index contributed by atoms with van der Waals surface area (Å²) in [5.74, 6) is 1.29. The van der Waals surface area contributed by atoms with Crippen LogP contribution < -0.4 is 20.1 Å². The van der Waals surface area contributed by atoms with Crippen LogP contribution >= 0.6 is 0 Å². The molecule has 12 nitrogen and oxygen atoms in total. The summed E-state index contributed by atoms with van der Waals surface area (Å²) in [6.07, 6.45) is 1.75. The molecule has 1 aliphatic heterocycles. The number of piperidine rings is 1. The predicted molar refractivity (Wildman–Crippen MR) is 154 cm³/mol. The van der Waals surface area contributed by atoms with E-state index in [4.69, 9.17) is 9.47 Å². The highest BCUT2D eigenvalue weighted by Gasteiger charge is 2.22. The van der Waals surface area contributed by atoms with Crippen molar-refractivity contribution in [3.05, 3.63) is 81.9 Å². The number of nitrogens with zero attached hydrogens (tertiary/aromatic N) is 4. The second-order valence-electron chi connectivity index (χ2n) is 9.78. The number of non-ortho nitro benzene ring substituents is 1. The van der Waals surface area contributed by atoms with Gasteiger partial charge in [-0.15, -0.1) is 0 Å². The van der Waals surface area contributed by atoms with Crippen LogP contribution in [0.15, 0.2) is 60.7 Å². The van der Waals surface area contributed by atoms with Crippen molar-refractivity contribution in [3.8, 4) is 11.5 Å². The minimum atomic E-state index is -1.03. The number of likely N-dealkylation sites (tertiary alicyclic amines) is 1. The van der Waals surface area contributed by atoms with Crippen molar-refractivity contribution in [2.75, 3.05) is 37.9 Å². The largest absolute Gasteiger partial charge is 0.497 e. The first-order valence-corrected chi connectivity index (χ1v) is 13.1. The van der Waals surface area contributed by atoms with Crippen LogP contribution in [-0.2, 0) is 6.54 Å². The van der Waals surface area contributed by atoms with Gasteiger partial charge in [0.2, 0.25) is 5.95 Å². The number of hydrogen-bond acceptors (Lipinski definition) is 10. The second kappa shape index (κ2) is 12.0. The van der Waals surface area contributed by atoms with E-state index < -0.39 is 10.9 Å². The highest BCUT2D eigenvalue weighted by atomic mass is 16.6. The molecule has 0 bridgehead atoms. The van der Waals surface area contributed by atoms with E-state index in [-0.39, 0.29) is 17.3 Å². The van der Waals surface area contributed by atoms with E-state index in [1.807, 2.05) is 18.2 Å². The first-order valence-electron chi connectivity index (χ1n) is 13.1. The fourth-order valence-electron chi connectivity index (χ4n) is 4.86. The number of rotatable bonds is 10. The van der Waals surface area contributed by atoms with E-state index in [0.717, 1.165) is 49.5 Å². The molecule has 0 amide bonds. The third-order valence-corrected chi connectivity index (χ3v) is 7.02. The number of aromatic carboxylic acids is 1. The minimum absolute atomic E-state index is 0.0767. The lowest BCUT2D eigenvalue weighted by atomic mass is 10.0. The second-order valence-corrected chi connectivity index (χ2v) is 9.78. The van der Waals surface area contributed by atoms with Gasteiger partial charge >= 0.3 is 5.97 Å². The van der Waals surface area contributed by atoms with E-state index in [2.05, 4.69) is 25.5 Å². The summed E-state index contributed by atoms with van der Waals surface area (Å²) in [5.41, 5.74) is 2.33. The summed E-state index contributed by atoms with van der Waals surface area (Å²) >= 11 is 0. The zero-order valence-corrected chi connectivity index (χ0v) is 22.7. The molecular formula is C29H30N6O6. The first-order chi connectivity index (χ1) is 19.8. The van der Waals surface area contributed by atoms with Gasteiger partial charge in [-0.1, -0.05) is 0 Å². The Hall–Kier alpha value is -4.97. The molecular weight excluding hydrogens is 528 g/mol. The molecule has 1 aliphatic rings. The number of aromatic nitrogens is 2. The first kappa shape index (κ1) is 27.6. The summed E-state index contributed by atoms with van der Waals surface area (Å²) < 4.78 is 10.8. The van der Waals surface area contributed by atoms with Gasteiger partial charge in [0.25, 0.3) is 5.69 Å². The minimum Gasteiger partial charge on any atom is -0.497 e. The summed E-state index contributed by atoms with van der Waals surface area (Å²) in [7, 11) is 3.28. The van der Waals surface area contributed by atoms with Crippen LogP contribution in [0.2, 0.25) is 0 Å². The number of carboxylic acids is 1. The molecule has 1 fully saturated rings. The van der Waals surface area contributed by atoms with Crippen molar-refractivity contribution >= 4 is 40.0 Å². The number of fused-ring (bicyclic) bond motifs is 1. The molecule has 3 N–H and O–H groups in total. The number of carboxylic acid groups (broad SMARTS) is 1. The van der Waals surface area contributed by atoms with Crippen molar-refractivity contribution in [1.29, 1.82) is 0 Å². The average molecular weight is 559 g/mol. The number of nitro benzene ring substituents is 1. The Kier molecular flexibility index (Phi) is 8.11. The van der Waals surface area contributed by atoms with Gasteiger partial charge in [-0.3, -0.25) is 15.0 Å². The number of ether oxygens (including phenoxy) is 2. The van der Waals surface area contributed by atoms with E-state index in [9.17, 15) is 20.0 Å². The van der Waals surface area contributed by atoms with E-state index in [1.54, 1.807) is 32.4 Å². The third-order valence-electron chi connectivity index (χ3n) is 7.02. The molecule has 0 saturated carbocycles. The molecule has 12 heteroatoms. The van der Waals surface area contributed by atoms with Crippen LogP contribution in [-0.4, -0.2) is 64.2 Å². The van der Waals surface area contributed by atoms with Crippen molar-refractivity contribution < 1.29 is 24.3 Å². The summed E-state index contributed by atoms with van der Waals surface area (Å²) in [6, 6.07) is 16.7. The van der Waals surface area contributed by atoms with Gasteiger partial charge in [0.05, 0.1) is 30.2 Å². The van der Waals surface area contributed by atoms with Crippen molar-refractivity contribution in [2.45, 2.75) is 25.4 Å². The molecule has 0 atom stereocenters. The van der Waals surface area contributed by atoms with E-state index in [1.165, 1.54) is 24.3 Å². The zero-order chi connectivity index (χ0) is 28.9. The van der Waals surface area contributed by atoms with E-state index >= 15 is 0 Å². The van der Waals surface area contributed by atoms with Gasteiger partial charge < -0.3 is 25.2 Å². The Labute approximate surface area is 236 Å². The van der Waals surface area contributed by atoms with Gasteiger partial charge in [-0.05, 0) is 60.9 Å². The van der Waals surface area contributed by atoms with Gasteiger partial charge in [0.15, 0.2) is 0 Å². The normalized spacial score (nSPS) is 14.0. The monoisotopic (exact) mass is 558 g/mol. The third kappa shape index (κ3) is 6.61. The van der Waals surface area contributed by atoms with Crippen molar-refractivity contribution in [3.63, 3.8) is 0 Å². The number of carbonyl (C=O) groups is 1. The topological polar surface area (TPSA) is 152 Å². The van der Waals surface area contributed by atoms with Crippen LogP contribution in [0, 0.1) is 10.1 Å². The Balaban J connectivity index is 1.31. The summed E-state index contributed by atoms with van der Waals surface area (Å²) in [4.78, 5) is 33.8. The molecule has 3 aromatic carbocycles. The number of nitrogens with one attached hydrogen (secondary N) is 2. The molecule has 0 radical (unpaired) electrons. The Morgan fingerprint density at radius 2 is 1.71 bits per heavy atom. The fourth-order valence-corrected chi connectivity index (χ4v) is 4.86. The SMILES string of the molecule is COc1cc(CN2CCC(Nc3nc(Nc4ccc(C(=O)O)cc4)c4cc([N+](=O)[O-])ccc4n3)CC2)cc(OC)c1. The van der Waals surface area contributed by atoms with Crippen LogP contribution in [0.1, 0.15) is 28.8 Å². The molecule has 5 rings (SSSR count). The highest BCUT2D eigenvalue weighted by Crippen LogP contribution is 2.30. The Morgan fingerprint density at radius 3 is 2.32 bits per heavy atom. The number of benzene rings is 3. The van der Waals surface area contributed by atoms with Crippen molar-refractivity contribution in [1.82, 2.24) is 14.9 Å². The quantitative estimate of drug-likeness (QED) is 0.177. The predicted octanol–water partition coefficient (Wildman–Crippen LogP) is 5.07. The van der Waals surface area contributed by atoms with Gasteiger partial charge in [-0.25, -0.2) is 9.78 Å². The lowest BCUT2D eigenvalue weighted by Gasteiger charge is -2.32. The maximum atomic E-state index is 11.4. The number of anilines is 3. The van der Waals surface area contributed by atoms with Crippen LogP contribution in [0.4, 0.5) is 23.1 Å². The molecule has 1 saturated heterocycles. The Morgan fingerprint density at radius 1 is 1.02 bits per heavy atom. The number of methoxy groups -OCH3 is 2. The number of hydrogen-bond donors (Lipinski definition) is 3. The molecule has 41 heavy (non-hydrogen) atoms. The lowest BCUT2D eigenvalue weighted by molar-refractivity contribution is -0.384. The van der Waals surface area contributed by atoms with Crippen LogP contribution in [0.25, 0.3) is 10.9 Å². The maximum Gasteiger partial charge on any atom is 0.335 e. The molecule has 212 valence electrons. The molecule has 0 aliphatic carbocycles. The standard InChI is InChI=1S/C29H30N6O6/c1-40-23-13-18(14-24(16-23)41-2)17-34-11-9-21(10-12-34)31-29-32-26-8-7-22(35(38)39)15-25(26)27(33-29)30-20-5-3-19(4-6-20)28(36)37/h3-8,13-16,21H,9-12,17H2,1-2H3,(H,36,37)(H2,30,31,32,33). The zero-order valence-electron chi connectivity index (χ0n) is 22.7. The molecule has 4 aromatic rings. The molecule has 2 heterocycles. The Bertz CT molecular complexity index is 1550. The molecule has 0 unspecified atom stereocenters. The summed E-state index contributed by atoms with van der Waals surface area (Å²) in [5, 5.41) is 27.7. The van der Waals surface area contributed by atoms with Gasteiger partial charge in [-0.2, -0.15) is 4.98 Å². The smallest absolute Gasteiger partial charge is 0.335 e. The molecule has 1 aromatic heterocycles. The average Bonchev–Trinajstić information content (AvgIpc) is 2.98. The van der Waals surface area contributed by atoms with Crippen LogP contribution in [0.3, 0.4) is 0 Å². The van der Waals surface area contributed by atoms with Crippen LogP contribution in [0.5, 0.6) is 11.5 Å². The maximum absolute atomic E-state index is 11.4. The highest BCUT2D eigenvalue weighted by molar-refractivity contribution is 5.94. The van der Waals surface area contributed by atoms with Crippen molar-refractivity contribution in [2.24, 2.45) is 0 Å². The summed E-state index contributed by atoms with van der Waals surface area (Å²) in [6.45, 7) is 2.52. The molecule has 0 spiro atoms.